The van der Waals surface area contributed by atoms with Crippen molar-refractivity contribution in [2.24, 2.45) is 11.1 Å². The summed E-state index contributed by atoms with van der Waals surface area (Å²) >= 11 is 12.6. The van der Waals surface area contributed by atoms with Crippen molar-refractivity contribution in [1.29, 1.82) is 0 Å². The number of hydrogen-bond donors (Lipinski definition) is 0. The van der Waals surface area contributed by atoms with Crippen LogP contribution in [-0.4, -0.2) is 35.5 Å². The summed E-state index contributed by atoms with van der Waals surface area (Å²) < 4.78 is 10.9. The number of benzene rings is 1. The zero-order chi connectivity index (χ0) is 18.4. The van der Waals surface area contributed by atoms with Gasteiger partial charge in [0.2, 0.25) is 0 Å². The molecule has 2 aliphatic rings. The Hall–Kier alpha value is -1.79. The van der Waals surface area contributed by atoms with Crippen LogP contribution in [0.2, 0.25) is 10.0 Å². The normalized spacial score (nSPS) is 30.3. The SMILES string of the molecule is CC(=O)O[C@H]1C[C@@](C)(OC(C)=O)[C@H]2ON=C(c3c(Cl)cccc3Cl)[C@@H]12. The minimum absolute atomic E-state index is 0.294. The maximum atomic E-state index is 11.5. The number of fused-ring (bicyclic) bond motifs is 1. The van der Waals surface area contributed by atoms with E-state index in [9.17, 15) is 9.59 Å². The molecule has 1 aromatic carbocycles. The summed E-state index contributed by atoms with van der Waals surface area (Å²) in [5.41, 5.74) is 0.0422. The molecule has 1 fully saturated rings. The van der Waals surface area contributed by atoms with E-state index in [1.165, 1.54) is 13.8 Å². The zero-order valence-electron chi connectivity index (χ0n) is 13.9. The fraction of sp³-hybridized carbons (Fsp3) is 0.471. The lowest BCUT2D eigenvalue weighted by Crippen LogP contribution is -2.41. The van der Waals surface area contributed by atoms with Crippen molar-refractivity contribution >= 4 is 40.9 Å². The highest BCUT2D eigenvalue weighted by Crippen LogP contribution is 2.47. The monoisotopic (exact) mass is 385 g/mol. The molecule has 0 N–H and O–H groups in total. The predicted octanol–water partition coefficient (Wildman–Crippen LogP) is 3.37. The number of carbonyl (C=O) groups is 2. The first-order chi connectivity index (χ1) is 11.7. The first-order valence-corrected chi connectivity index (χ1v) is 8.53. The number of carbonyl (C=O) groups excluding carboxylic acids is 2. The summed E-state index contributed by atoms with van der Waals surface area (Å²) in [5, 5.41) is 4.97. The van der Waals surface area contributed by atoms with Gasteiger partial charge in [0.1, 0.15) is 11.8 Å². The van der Waals surface area contributed by atoms with Crippen molar-refractivity contribution in [3.8, 4) is 0 Å². The molecule has 8 heteroatoms. The van der Waals surface area contributed by atoms with E-state index in [1.54, 1.807) is 25.1 Å². The van der Waals surface area contributed by atoms with E-state index < -0.39 is 35.7 Å². The standard InChI is InChI=1S/C17H17Cl2NO5/c1-8(21)23-12-7-17(3,24-9(2)22)16-14(12)15(20-25-16)13-10(18)5-4-6-11(13)19/h4-6,12,14,16H,7H2,1-3H3/t12-,14+,16-,17+/m0/s1. The number of oxime groups is 1. The van der Waals surface area contributed by atoms with E-state index in [-0.39, 0.29) is 0 Å². The smallest absolute Gasteiger partial charge is 0.303 e. The summed E-state index contributed by atoms with van der Waals surface area (Å²) in [5.74, 6) is -1.32. The maximum Gasteiger partial charge on any atom is 0.303 e. The van der Waals surface area contributed by atoms with Crippen molar-refractivity contribution in [2.75, 3.05) is 0 Å². The minimum Gasteiger partial charge on any atom is -0.462 e. The second-order valence-electron chi connectivity index (χ2n) is 6.38. The van der Waals surface area contributed by atoms with Crippen molar-refractivity contribution in [2.45, 2.75) is 45.0 Å². The molecule has 1 aromatic rings. The molecule has 0 spiro atoms. The lowest BCUT2D eigenvalue weighted by molar-refractivity contribution is -0.168. The Labute approximate surface area is 155 Å². The summed E-state index contributed by atoms with van der Waals surface area (Å²) in [4.78, 5) is 28.6. The number of nitrogens with zero attached hydrogens (tertiary/aromatic N) is 1. The van der Waals surface area contributed by atoms with Crippen LogP contribution in [0.15, 0.2) is 23.4 Å². The molecule has 1 aliphatic heterocycles. The summed E-state index contributed by atoms with van der Waals surface area (Å²) in [6.07, 6.45) is -0.869. The lowest BCUT2D eigenvalue weighted by atomic mass is 9.90. The largest absolute Gasteiger partial charge is 0.462 e. The van der Waals surface area contributed by atoms with Crippen LogP contribution in [0.4, 0.5) is 0 Å². The molecular formula is C17H17Cl2NO5. The fourth-order valence-corrected chi connectivity index (χ4v) is 4.19. The van der Waals surface area contributed by atoms with Gasteiger partial charge in [0.25, 0.3) is 0 Å². The molecule has 0 radical (unpaired) electrons. The molecule has 1 aliphatic carbocycles. The van der Waals surface area contributed by atoms with E-state index in [4.69, 9.17) is 37.5 Å². The molecule has 0 saturated heterocycles. The molecule has 0 amide bonds. The van der Waals surface area contributed by atoms with Gasteiger partial charge in [-0.05, 0) is 19.1 Å². The van der Waals surface area contributed by atoms with Gasteiger partial charge in [0, 0.05) is 25.8 Å². The van der Waals surface area contributed by atoms with Gasteiger partial charge in [-0.3, -0.25) is 9.59 Å². The van der Waals surface area contributed by atoms with E-state index >= 15 is 0 Å². The Morgan fingerprint density at radius 1 is 1.24 bits per heavy atom. The molecule has 4 atom stereocenters. The highest BCUT2D eigenvalue weighted by molar-refractivity contribution is 6.40. The van der Waals surface area contributed by atoms with Gasteiger partial charge in [-0.2, -0.15) is 0 Å². The summed E-state index contributed by atoms with van der Waals surface area (Å²) in [6.45, 7) is 4.38. The van der Waals surface area contributed by atoms with Crippen molar-refractivity contribution in [3.63, 3.8) is 0 Å². The average Bonchev–Trinajstić information content (AvgIpc) is 2.99. The number of halogens is 2. The fourth-order valence-electron chi connectivity index (χ4n) is 3.60. The molecule has 0 unspecified atom stereocenters. The van der Waals surface area contributed by atoms with E-state index in [2.05, 4.69) is 5.16 Å². The van der Waals surface area contributed by atoms with Crippen molar-refractivity contribution in [1.82, 2.24) is 0 Å². The van der Waals surface area contributed by atoms with Gasteiger partial charge >= 0.3 is 11.9 Å². The van der Waals surface area contributed by atoms with Crippen LogP contribution in [0.1, 0.15) is 32.8 Å². The van der Waals surface area contributed by atoms with E-state index in [0.29, 0.717) is 27.7 Å². The molecular weight excluding hydrogens is 369 g/mol. The van der Waals surface area contributed by atoms with Gasteiger partial charge in [-0.1, -0.05) is 34.4 Å². The quantitative estimate of drug-likeness (QED) is 0.745. The Balaban J connectivity index is 2.02. The van der Waals surface area contributed by atoms with Crippen molar-refractivity contribution < 1.29 is 23.9 Å². The highest BCUT2D eigenvalue weighted by Gasteiger charge is 2.61. The Morgan fingerprint density at radius 2 is 1.88 bits per heavy atom. The van der Waals surface area contributed by atoms with Crippen molar-refractivity contribution in [3.05, 3.63) is 33.8 Å². The first-order valence-electron chi connectivity index (χ1n) is 7.78. The van der Waals surface area contributed by atoms with Crippen LogP contribution < -0.4 is 0 Å². The number of ether oxygens (including phenoxy) is 2. The molecule has 0 bridgehead atoms. The molecule has 0 aromatic heterocycles. The van der Waals surface area contributed by atoms with Gasteiger partial charge < -0.3 is 14.3 Å². The summed E-state index contributed by atoms with van der Waals surface area (Å²) in [7, 11) is 0. The summed E-state index contributed by atoms with van der Waals surface area (Å²) in [6, 6.07) is 5.11. The van der Waals surface area contributed by atoms with Gasteiger partial charge in [0.15, 0.2) is 11.7 Å². The Morgan fingerprint density at radius 3 is 2.44 bits per heavy atom. The van der Waals surface area contributed by atoms with Gasteiger partial charge in [-0.25, -0.2) is 0 Å². The third kappa shape index (κ3) is 3.20. The van der Waals surface area contributed by atoms with Crippen LogP contribution in [-0.2, 0) is 23.9 Å². The van der Waals surface area contributed by atoms with Crippen LogP contribution in [0, 0.1) is 5.92 Å². The number of rotatable bonds is 3. The van der Waals surface area contributed by atoms with E-state index in [1.807, 2.05) is 0 Å². The molecule has 1 saturated carbocycles. The van der Waals surface area contributed by atoms with Crippen LogP contribution in [0.5, 0.6) is 0 Å². The molecule has 25 heavy (non-hydrogen) atoms. The topological polar surface area (TPSA) is 74.2 Å². The third-order valence-corrected chi connectivity index (χ3v) is 5.06. The Kier molecular flexibility index (Phi) is 4.68. The second kappa shape index (κ2) is 6.50. The van der Waals surface area contributed by atoms with Crippen LogP contribution >= 0.6 is 23.2 Å². The Bertz CT molecular complexity index is 745. The number of esters is 2. The van der Waals surface area contributed by atoms with Gasteiger partial charge in [0.05, 0.1) is 16.0 Å². The van der Waals surface area contributed by atoms with Crippen LogP contribution in [0.3, 0.4) is 0 Å². The molecule has 1 heterocycles. The molecule has 6 nitrogen and oxygen atoms in total. The maximum absolute atomic E-state index is 11.5. The second-order valence-corrected chi connectivity index (χ2v) is 7.20. The first kappa shape index (κ1) is 18.0. The minimum atomic E-state index is -0.977. The molecule has 134 valence electrons. The van der Waals surface area contributed by atoms with E-state index in [0.717, 1.165) is 0 Å². The number of hydrogen-bond acceptors (Lipinski definition) is 6. The molecule has 3 rings (SSSR count). The lowest BCUT2D eigenvalue weighted by Gasteiger charge is -2.27. The highest BCUT2D eigenvalue weighted by atomic mass is 35.5. The van der Waals surface area contributed by atoms with Crippen LogP contribution in [0.25, 0.3) is 0 Å². The zero-order valence-corrected chi connectivity index (χ0v) is 15.4. The third-order valence-electron chi connectivity index (χ3n) is 4.43. The predicted molar refractivity (Wildman–Crippen MR) is 91.7 cm³/mol. The average molecular weight is 386 g/mol. The van der Waals surface area contributed by atoms with Gasteiger partial charge in [-0.15, -0.1) is 0 Å².